The van der Waals surface area contributed by atoms with Crippen molar-refractivity contribution in [2.24, 2.45) is 0 Å². The van der Waals surface area contributed by atoms with E-state index in [1.165, 1.54) is 48.9 Å². The molecule has 0 unspecified atom stereocenters. The first-order valence-corrected chi connectivity index (χ1v) is 5.66. The summed E-state index contributed by atoms with van der Waals surface area (Å²) in [5.74, 6) is 0. The van der Waals surface area contributed by atoms with Gasteiger partial charge in [-0.05, 0) is 19.3 Å². The van der Waals surface area contributed by atoms with Gasteiger partial charge in [0.05, 0.1) is 20.1 Å². The number of rotatable bonds is 2. The Balaban J connectivity index is 0.00000112. The van der Waals surface area contributed by atoms with Crippen LogP contribution in [0.5, 0.6) is 0 Å². The lowest BCUT2D eigenvalue weighted by atomic mass is 10.1. The summed E-state index contributed by atoms with van der Waals surface area (Å²) in [6.07, 6.45) is 4.25. The highest BCUT2D eigenvalue weighted by Gasteiger charge is 2.24. The molecule has 1 nitrogen and oxygen atoms in total. The monoisotopic (exact) mass is 226 g/mol. The minimum absolute atomic E-state index is 0. The van der Waals surface area contributed by atoms with Crippen molar-refractivity contribution in [3.63, 3.8) is 0 Å². The van der Waals surface area contributed by atoms with Crippen LogP contribution >= 0.6 is 12.4 Å². The van der Waals surface area contributed by atoms with Crippen LogP contribution in [0.25, 0.3) is 0 Å². The van der Waals surface area contributed by atoms with Crippen LogP contribution in [0.3, 0.4) is 0 Å². The van der Waals surface area contributed by atoms with Crippen molar-refractivity contribution in [3.8, 4) is 0 Å². The first-order chi connectivity index (χ1) is 6.79. The highest BCUT2D eigenvalue weighted by Crippen LogP contribution is 2.19. The Labute approximate surface area is 99.1 Å². The van der Waals surface area contributed by atoms with Crippen molar-refractivity contribution in [2.45, 2.75) is 25.8 Å². The maximum absolute atomic E-state index is 2.40. The Morgan fingerprint density at radius 1 is 1.00 bits per heavy atom. The molecule has 0 bridgehead atoms. The zero-order chi connectivity index (χ0) is 9.86. The minimum atomic E-state index is 0. The van der Waals surface area contributed by atoms with Gasteiger partial charge in [0.15, 0.2) is 0 Å². The van der Waals surface area contributed by atoms with Gasteiger partial charge in [0.2, 0.25) is 0 Å². The predicted octanol–water partition coefficient (Wildman–Crippen LogP) is 3.24. The van der Waals surface area contributed by atoms with Crippen LogP contribution in [0.4, 0.5) is 0 Å². The van der Waals surface area contributed by atoms with Gasteiger partial charge >= 0.3 is 0 Å². The van der Waals surface area contributed by atoms with Crippen molar-refractivity contribution in [2.75, 3.05) is 20.1 Å². The van der Waals surface area contributed by atoms with Crippen molar-refractivity contribution in [1.82, 2.24) is 0 Å². The molecule has 0 radical (unpaired) electrons. The van der Waals surface area contributed by atoms with Crippen molar-refractivity contribution < 1.29 is 4.48 Å². The standard InChI is InChI=1S/C13H20N.ClH/c1-14(10-6-3-7-11-14)12-13-8-4-2-5-9-13;/h2,4-5,8-9H,3,6-7,10-12H2,1H3;1H/q+1;. The topological polar surface area (TPSA) is 0 Å². The molecule has 0 aromatic heterocycles. The molecule has 0 amide bonds. The molecule has 1 heterocycles. The normalized spacial score (nSPS) is 19.3. The van der Waals surface area contributed by atoms with Crippen LogP contribution < -0.4 is 0 Å². The molecule has 0 saturated carbocycles. The third-order valence-corrected chi connectivity index (χ3v) is 3.30. The average molecular weight is 227 g/mol. The van der Waals surface area contributed by atoms with Gasteiger partial charge in [-0.15, -0.1) is 12.4 Å². The second-order valence-electron chi connectivity index (χ2n) is 4.77. The fraction of sp³-hybridized carbons (Fsp3) is 0.538. The van der Waals surface area contributed by atoms with Crippen LogP contribution in [-0.4, -0.2) is 24.6 Å². The quantitative estimate of drug-likeness (QED) is 0.680. The molecule has 1 aliphatic rings. The zero-order valence-corrected chi connectivity index (χ0v) is 10.3. The first-order valence-electron chi connectivity index (χ1n) is 5.66. The molecule has 1 saturated heterocycles. The molecule has 1 fully saturated rings. The summed E-state index contributed by atoms with van der Waals surface area (Å²) in [5, 5.41) is 0. The second kappa shape index (κ2) is 5.53. The molecule has 0 N–H and O–H groups in total. The molecule has 2 heteroatoms. The first kappa shape index (κ1) is 12.5. The summed E-state index contributed by atoms with van der Waals surface area (Å²) in [7, 11) is 2.40. The van der Waals surface area contributed by atoms with E-state index in [4.69, 9.17) is 0 Å². The fourth-order valence-corrected chi connectivity index (χ4v) is 2.46. The summed E-state index contributed by atoms with van der Waals surface area (Å²) < 4.78 is 1.24. The van der Waals surface area contributed by atoms with Crippen molar-refractivity contribution in [3.05, 3.63) is 35.9 Å². The van der Waals surface area contributed by atoms with Crippen LogP contribution in [-0.2, 0) is 6.54 Å². The second-order valence-corrected chi connectivity index (χ2v) is 4.77. The Bertz CT molecular complexity index is 278. The van der Waals surface area contributed by atoms with Gasteiger partial charge in [0.25, 0.3) is 0 Å². The molecule has 2 rings (SSSR count). The zero-order valence-electron chi connectivity index (χ0n) is 9.48. The Hall–Kier alpha value is -0.530. The van der Waals surface area contributed by atoms with E-state index in [0.29, 0.717) is 0 Å². The number of halogens is 1. The van der Waals surface area contributed by atoms with Gasteiger partial charge in [0, 0.05) is 5.56 Å². The fourth-order valence-electron chi connectivity index (χ4n) is 2.46. The minimum Gasteiger partial charge on any atom is -0.322 e. The summed E-state index contributed by atoms with van der Waals surface area (Å²) in [5.41, 5.74) is 1.48. The lowest BCUT2D eigenvalue weighted by Gasteiger charge is -2.37. The van der Waals surface area contributed by atoms with E-state index in [2.05, 4.69) is 37.4 Å². The van der Waals surface area contributed by atoms with Gasteiger partial charge < -0.3 is 4.48 Å². The van der Waals surface area contributed by atoms with Gasteiger partial charge in [-0.3, -0.25) is 0 Å². The summed E-state index contributed by atoms with van der Waals surface area (Å²) in [6, 6.07) is 10.9. The molecular weight excluding hydrogens is 206 g/mol. The molecule has 0 spiro atoms. The third kappa shape index (κ3) is 3.51. The number of benzene rings is 1. The number of hydrogen-bond donors (Lipinski definition) is 0. The number of quaternary nitrogens is 1. The SMILES string of the molecule is C[N+]1(Cc2ccccc2)CCCCC1.Cl. The maximum atomic E-state index is 2.40. The van der Waals surface area contributed by atoms with E-state index < -0.39 is 0 Å². The van der Waals surface area contributed by atoms with E-state index in [9.17, 15) is 0 Å². The third-order valence-electron chi connectivity index (χ3n) is 3.30. The van der Waals surface area contributed by atoms with Crippen LogP contribution in [0.2, 0.25) is 0 Å². The van der Waals surface area contributed by atoms with E-state index in [1.807, 2.05) is 0 Å². The molecule has 1 aromatic carbocycles. The van der Waals surface area contributed by atoms with Crippen LogP contribution in [0, 0.1) is 0 Å². The highest BCUT2D eigenvalue weighted by molar-refractivity contribution is 5.85. The number of hydrogen-bond acceptors (Lipinski definition) is 0. The lowest BCUT2D eigenvalue weighted by molar-refractivity contribution is -0.926. The molecule has 1 aromatic rings. The number of likely N-dealkylation sites (tertiary alicyclic amines) is 1. The number of piperidine rings is 1. The molecule has 0 atom stereocenters. The van der Waals surface area contributed by atoms with Crippen molar-refractivity contribution >= 4 is 12.4 Å². The average Bonchev–Trinajstić information content (AvgIpc) is 2.19. The smallest absolute Gasteiger partial charge is 0.104 e. The van der Waals surface area contributed by atoms with Gasteiger partial charge in [-0.25, -0.2) is 0 Å². The highest BCUT2D eigenvalue weighted by atomic mass is 35.5. The van der Waals surface area contributed by atoms with Gasteiger partial charge in [0.1, 0.15) is 6.54 Å². The lowest BCUT2D eigenvalue weighted by Crippen LogP contribution is -2.46. The Morgan fingerprint density at radius 3 is 2.20 bits per heavy atom. The summed E-state index contributed by atoms with van der Waals surface area (Å²) >= 11 is 0. The van der Waals surface area contributed by atoms with E-state index in [1.54, 1.807) is 0 Å². The largest absolute Gasteiger partial charge is 0.322 e. The molecular formula is C13H21ClN+. The molecule has 15 heavy (non-hydrogen) atoms. The molecule has 1 aliphatic heterocycles. The maximum Gasteiger partial charge on any atom is 0.104 e. The summed E-state index contributed by atoms with van der Waals surface area (Å²) in [4.78, 5) is 0. The van der Waals surface area contributed by atoms with Crippen LogP contribution in [0.1, 0.15) is 24.8 Å². The molecule has 84 valence electrons. The van der Waals surface area contributed by atoms with Crippen molar-refractivity contribution in [1.29, 1.82) is 0 Å². The Morgan fingerprint density at radius 2 is 1.60 bits per heavy atom. The van der Waals surface area contributed by atoms with E-state index in [-0.39, 0.29) is 12.4 Å². The van der Waals surface area contributed by atoms with Gasteiger partial charge in [-0.1, -0.05) is 30.3 Å². The van der Waals surface area contributed by atoms with E-state index in [0.717, 1.165) is 0 Å². The molecule has 0 aliphatic carbocycles. The summed E-state index contributed by atoms with van der Waals surface area (Å²) in [6.45, 7) is 3.92. The predicted molar refractivity (Wildman–Crippen MR) is 67.2 cm³/mol. The Kier molecular flexibility index (Phi) is 4.62. The number of nitrogens with zero attached hydrogens (tertiary/aromatic N) is 1. The van der Waals surface area contributed by atoms with E-state index >= 15 is 0 Å². The van der Waals surface area contributed by atoms with Gasteiger partial charge in [-0.2, -0.15) is 0 Å². The van der Waals surface area contributed by atoms with Crippen LogP contribution in [0.15, 0.2) is 30.3 Å².